The lowest BCUT2D eigenvalue weighted by atomic mass is 10.1. The lowest BCUT2D eigenvalue weighted by Gasteiger charge is -2.14. The van der Waals surface area contributed by atoms with E-state index < -0.39 is 34.1 Å². The Labute approximate surface area is 176 Å². The molecular formula is C17H14Cl2F3N3O5. The fraction of sp³-hybridized carbons (Fsp3) is 0.235. The molecule has 30 heavy (non-hydrogen) atoms. The van der Waals surface area contributed by atoms with Gasteiger partial charge in [0, 0.05) is 18.1 Å². The van der Waals surface area contributed by atoms with Gasteiger partial charge in [-0.25, -0.2) is 14.2 Å². The number of nitrogens with zero attached hydrogens (tertiary/aromatic N) is 2. The third kappa shape index (κ3) is 5.30. The first kappa shape index (κ1) is 23.7. The Hall–Kier alpha value is -2.60. The van der Waals surface area contributed by atoms with Crippen molar-refractivity contribution in [3.63, 3.8) is 0 Å². The Kier molecular flexibility index (Phi) is 7.48. The van der Waals surface area contributed by atoms with E-state index in [0.717, 1.165) is 13.1 Å². The van der Waals surface area contributed by atoms with Crippen molar-refractivity contribution in [1.29, 1.82) is 0 Å². The molecule has 0 aliphatic carbocycles. The molecule has 1 aromatic heterocycles. The van der Waals surface area contributed by atoms with E-state index in [4.69, 9.17) is 23.2 Å². The lowest BCUT2D eigenvalue weighted by Crippen LogP contribution is -2.40. The molecule has 0 saturated heterocycles. The van der Waals surface area contributed by atoms with Crippen molar-refractivity contribution < 1.29 is 27.6 Å². The normalized spacial score (nSPS) is 12.2. The summed E-state index contributed by atoms with van der Waals surface area (Å²) in [6.07, 6.45) is -3.80. The van der Waals surface area contributed by atoms with Crippen LogP contribution >= 0.6 is 23.2 Å². The van der Waals surface area contributed by atoms with Crippen molar-refractivity contribution in [3.8, 4) is 5.69 Å². The van der Waals surface area contributed by atoms with Crippen molar-refractivity contribution in [2.45, 2.75) is 13.1 Å². The maximum atomic E-state index is 13.0. The average Bonchev–Trinajstić information content (AvgIpc) is 2.66. The van der Waals surface area contributed by atoms with Gasteiger partial charge in [0.05, 0.1) is 12.3 Å². The van der Waals surface area contributed by atoms with Gasteiger partial charge < -0.3 is 4.84 Å². The van der Waals surface area contributed by atoms with Crippen molar-refractivity contribution in [2.75, 3.05) is 6.61 Å². The summed E-state index contributed by atoms with van der Waals surface area (Å²) in [6.45, 7) is 1.84. The molecule has 0 unspecified atom stereocenters. The van der Waals surface area contributed by atoms with Gasteiger partial charge in [0.25, 0.3) is 5.56 Å². The zero-order valence-corrected chi connectivity index (χ0v) is 16.9. The summed E-state index contributed by atoms with van der Waals surface area (Å²) in [5, 5.41) is -0.354. The van der Waals surface area contributed by atoms with Crippen LogP contribution in [0, 0.1) is 0 Å². The van der Waals surface area contributed by atoms with E-state index in [-0.39, 0.29) is 22.9 Å². The Morgan fingerprint density at radius 1 is 1.27 bits per heavy atom. The molecule has 0 aliphatic rings. The minimum atomic E-state index is -4.89. The SMILES string of the molecule is CCONOC(=O)C(Cl)=Cc1cc(-n2c(=O)cc(C(F)(F)F)n(C)c2=O)ccc1Cl. The van der Waals surface area contributed by atoms with Crippen molar-refractivity contribution >= 4 is 35.2 Å². The second kappa shape index (κ2) is 9.47. The average molecular weight is 468 g/mol. The van der Waals surface area contributed by atoms with Crippen molar-refractivity contribution in [1.82, 2.24) is 14.8 Å². The summed E-state index contributed by atoms with van der Waals surface area (Å²) in [6, 6.07) is 4.03. The Morgan fingerprint density at radius 2 is 1.93 bits per heavy atom. The van der Waals surface area contributed by atoms with E-state index in [1.807, 2.05) is 5.64 Å². The third-order valence-corrected chi connectivity index (χ3v) is 4.27. The van der Waals surface area contributed by atoms with E-state index in [1.54, 1.807) is 6.92 Å². The van der Waals surface area contributed by atoms with Crippen LogP contribution in [0.4, 0.5) is 13.2 Å². The van der Waals surface area contributed by atoms with Crippen LogP contribution in [-0.4, -0.2) is 21.7 Å². The maximum Gasteiger partial charge on any atom is 0.431 e. The van der Waals surface area contributed by atoms with Crippen molar-refractivity contribution in [3.05, 3.63) is 66.4 Å². The minimum Gasteiger partial charge on any atom is -0.340 e. The molecule has 0 saturated carbocycles. The molecule has 0 fully saturated rings. The van der Waals surface area contributed by atoms with Gasteiger partial charge in [-0.2, -0.15) is 13.2 Å². The van der Waals surface area contributed by atoms with E-state index >= 15 is 0 Å². The van der Waals surface area contributed by atoms with Gasteiger partial charge in [-0.15, -0.1) is 0 Å². The summed E-state index contributed by atoms with van der Waals surface area (Å²) in [5.41, 5.74) is -1.90. The standard InChI is InChI=1S/C17H14Cl2F3N3O5/c1-3-29-23-30-15(27)12(19)7-9-6-10(4-5-11(9)18)25-14(26)8-13(17(20,21)22)24(2)16(25)28/h4-8,23H,3H2,1-2H3. The first-order valence-electron chi connectivity index (χ1n) is 8.12. The van der Waals surface area contributed by atoms with Gasteiger partial charge in [0.2, 0.25) is 0 Å². The number of halogens is 5. The van der Waals surface area contributed by atoms with Gasteiger partial charge in [-0.1, -0.05) is 23.2 Å². The summed E-state index contributed by atoms with van der Waals surface area (Å²) >= 11 is 11.9. The second-order valence-electron chi connectivity index (χ2n) is 5.65. The predicted octanol–water partition coefficient (Wildman–Crippen LogP) is 2.79. The molecule has 162 valence electrons. The molecule has 13 heteroatoms. The maximum absolute atomic E-state index is 13.0. The molecule has 1 aromatic carbocycles. The molecule has 0 spiro atoms. The molecule has 2 aromatic rings. The predicted molar refractivity (Wildman–Crippen MR) is 102 cm³/mol. The number of rotatable bonds is 6. The molecule has 0 aliphatic heterocycles. The Balaban J connectivity index is 2.51. The molecule has 1 heterocycles. The number of aromatic nitrogens is 2. The first-order chi connectivity index (χ1) is 14.0. The number of alkyl halides is 3. The van der Waals surface area contributed by atoms with E-state index in [0.29, 0.717) is 15.2 Å². The summed E-state index contributed by atoms with van der Waals surface area (Å²) < 4.78 is 39.8. The smallest absolute Gasteiger partial charge is 0.340 e. The molecule has 8 nitrogen and oxygen atoms in total. The Bertz CT molecular complexity index is 1110. The van der Waals surface area contributed by atoms with E-state index in [2.05, 4.69) is 9.68 Å². The molecule has 0 radical (unpaired) electrons. The fourth-order valence-corrected chi connectivity index (χ4v) is 2.61. The van der Waals surface area contributed by atoms with Crippen LogP contribution in [0.25, 0.3) is 11.8 Å². The highest BCUT2D eigenvalue weighted by Gasteiger charge is 2.35. The van der Waals surface area contributed by atoms with Gasteiger partial charge >= 0.3 is 17.8 Å². The molecule has 0 atom stereocenters. The molecule has 0 bridgehead atoms. The van der Waals surface area contributed by atoms with Crippen LogP contribution in [-0.2, 0) is 27.7 Å². The van der Waals surface area contributed by atoms with E-state index in [9.17, 15) is 27.6 Å². The molecular weight excluding hydrogens is 454 g/mol. The lowest BCUT2D eigenvalue weighted by molar-refractivity contribution is -0.185. The number of hydrogen-bond acceptors (Lipinski definition) is 6. The second-order valence-corrected chi connectivity index (χ2v) is 6.46. The van der Waals surface area contributed by atoms with Crippen LogP contribution in [0.2, 0.25) is 5.02 Å². The summed E-state index contributed by atoms with van der Waals surface area (Å²) in [5.74, 6) is -1.02. The third-order valence-electron chi connectivity index (χ3n) is 3.66. The molecule has 2 rings (SSSR count). The van der Waals surface area contributed by atoms with Gasteiger partial charge in [-0.3, -0.25) is 14.2 Å². The number of carbonyl (C=O) groups excluding carboxylic acids is 1. The number of nitrogens with one attached hydrogen (secondary N) is 1. The zero-order valence-electron chi connectivity index (χ0n) is 15.4. The highest BCUT2D eigenvalue weighted by molar-refractivity contribution is 6.43. The van der Waals surface area contributed by atoms with Crippen LogP contribution in [0.15, 0.2) is 38.9 Å². The quantitative estimate of drug-likeness (QED) is 0.399. The summed E-state index contributed by atoms with van der Waals surface area (Å²) in [4.78, 5) is 45.5. The summed E-state index contributed by atoms with van der Waals surface area (Å²) in [7, 11) is 0.885. The van der Waals surface area contributed by atoms with Gasteiger partial charge in [0.1, 0.15) is 10.7 Å². The Morgan fingerprint density at radius 3 is 2.53 bits per heavy atom. The minimum absolute atomic E-state index is 0.0826. The molecule has 0 amide bonds. The largest absolute Gasteiger partial charge is 0.431 e. The zero-order chi connectivity index (χ0) is 22.6. The highest BCUT2D eigenvalue weighted by atomic mass is 35.5. The number of benzene rings is 1. The van der Waals surface area contributed by atoms with E-state index in [1.165, 1.54) is 18.2 Å². The van der Waals surface area contributed by atoms with Crippen LogP contribution in [0.1, 0.15) is 18.2 Å². The number of carbonyl (C=O) groups is 1. The topological polar surface area (TPSA) is 91.6 Å². The van der Waals surface area contributed by atoms with Gasteiger partial charge in [-0.05, 0) is 42.4 Å². The van der Waals surface area contributed by atoms with Crippen LogP contribution < -0.4 is 16.9 Å². The van der Waals surface area contributed by atoms with Crippen molar-refractivity contribution in [2.24, 2.45) is 7.05 Å². The van der Waals surface area contributed by atoms with Crippen LogP contribution in [0.3, 0.4) is 0 Å². The highest BCUT2D eigenvalue weighted by Crippen LogP contribution is 2.27. The number of hydrogen-bond donors (Lipinski definition) is 1. The fourth-order valence-electron chi connectivity index (χ4n) is 2.29. The van der Waals surface area contributed by atoms with Gasteiger partial charge in [0.15, 0.2) is 0 Å². The van der Waals surface area contributed by atoms with Crippen LogP contribution in [0.5, 0.6) is 0 Å². The molecule has 1 N–H and O–H groups in total. The first-order valence-corrected chi connectivity index (χ1v) is 8.88. The monoisotopic (exact) mass is 467 g/mol.